The van der Waals surface area contributed by atoms with Gasteiger partial charge in [-0.15, -0.1) is 11.3 Å². The second-order valence-electron chi connectivity index (χ2n) is 3.58. The molecule has 1 heterocycles. The number of halogens is 2. The molecule has 0 aliphatic carbocycles. The first-order valence-corrected chi connectivity index (χ1v) is 6.83. The van der Waals surface area contributed by atoms with Gasteiger partial charge in [0.15, 0.2) is 5.78 Å². The zero-order valence-electron chi connectivity index (χ0n) is 8.96. The monoisotopic (exact) mass is 329 g/mol. The van der Waals surface area contributed by atoms with E-state index in [0.29, 0.717) is 21.8 Å². The van der Waals surface area contributed by atoms with Crippen LogP contribution in [-0.2, 0) is 0 Å². The van der Waals surface area contributed by atoms with Gasteiger partial charge in [-0.3, -0.25) is 4.79 Å². The average molecular weight is 331 g/mol. The van der Waals surface area contributed by atoms with Crippen molar-refractivity contribution < 1.29 is 4.79 Å². The van der Waals surface area contributed by atoms with E-state index in [1.165, 1.54) is 11.3 Å². The number of hydrogen-bond donors (Lipinski definition) is 1. The second kappa shape index (κ2) is 4.80. The van der Waals surface area contributed by atoms with Crippen molar-refractivity contribution in [3.8, 4) is 0 Å². The zero-order chi connectivity index (χ0) is 12.6. The van der Waals surface area contributed by atoms with Crippen molar-refractivity contribution in [3.63, 3.8) is 0 Å². The van der Waals surface area contributed by atoms with Gasteiger partial charge < -0.3 is 5.73 Å². The van der Waals surface area contributed by atoms with Crippen molar-refractivity contribution in [2.24, 2.45) is 0 Å². The zero-order valence-corrected chi connectivity index (χ0v) is 12.1. The van der Waals surface area contributed by atoms with Gasteiger partial charge in [0, 0.05) is 26.7 Å². The number of benzene rings is 1. The molecule has 0 aliphatic rings. The van der Waals surface area contributed by atoms with Crippen LogP contribution in [-0.4, -0.2) is 5.78 Å². The molecule has 0 saturated heterocycles. The molecule has 0 atom stereocenters. The van der Waals surface area contributed by atoms with Gasteiger partial charge >= 0.3 is 0 Å². The summed E-state index contributed by atoms with van der Waals surface area (Å²) in [6.07, 6.45) is 0. The predicted molar refractivity (Wildman–Crippen MR) is 76.1 cm³/mol. The molecular weight excluding hydrogens is 322 g/mol. The van der Waals surface area contributed by atoms with Crippen molar-refractivity contribution in [2.45, 2.75) is 6.92 Å². The minimum Gasteiger partial charge on any atom is -0.398 e. The van der Waals surface area contributed by atoms with Crippen LogP contribution in [0.1, 0.15) is 20.8 Å². The number of aryl methyl sites for hydroxylation is 1. The Morgan fingerprint density at radius 3 is 2.65 bits per heavy atom. The molecule has 88 valence electrons. The minimum absolute atomic E-state index is 0.0931. The quantitative estimate of drug-likeness (QED) is 0.659. The normalized spacial score (nSPS) is 10.5. The lowest BCUT2D eigenvalue weighted by Crippen LogP contribution is -2.05. The lowest BCUT2D eigenvalue weighted by Gasteiger charge is -2.04. The van der Waals surface area contributed by atoms with E-state index in [0.717, 1.165) is 8.66 Å². The number of ketones is 1. The van der Waals surface area contributed by atoms with Crippen molar-refractivity contribution in [1.29, 1.82) is 0 Å². The lowest BCUT2D eigenvalue weighted by atomic mass is 10.0. The van der Waals surface area contributed by atoms with Gasteiger partial charge in [-0.25, -0.2) is 0 Å². The second-order valence-corrected chi connectivity index (χ2v) is 6.65. The summed E-state index contributed by atoms with van der Waals surface area (Å²) >= 11 is 10.8. The Labute approximate surface area is 117 Å². The van der Waals surface area contributed by atoms with Crippen LogP contribution >= 0.6 is 38.9 Å². The maximum Gasteiger partial charge on any atom is 0.196 e. The minimum atomic E-state index is -0.0931. The fourth-order valence-electron chi connectivity index (χ4n) is 1.54. The molecule has 0 aliphatic heterocycles. The van der Waals surface area contributed by atoms with Gasteiger partial charge in [0.2, 0.25) is 0 Å². The SMILES string of the molecule is Cc1sc(Br)cc1C(=O)c1cc(Cl)ccc1N. The summed E-state index contributed by atoms with van der Waals surface area (Å²) in [7, 11) is 0. The highest BCUT2D eigenvalue weighted by molar-refractivity contribution is 9.11. The summed E-state index contributed by atoms with van der Waals surface area (Å²) in [5.41, 5.74) is 7.35. The summed E-state index contributed by atoms with van der Waals surface area (Å²) in [5.74, 6) is -0.0931. The highest BCUT2D eigenvalue weighted by atomic mass is 79.9. The van der Waals surface area contributed by atoms with Crippen molar-refractivity contribution in [3.05, 3.63) is 49.1 Å². The van der Waals surface area contributed by atoms with Gasteiger partial charge in [-0.05, 0) is 47.1 Å². The van der Waals surface area contributed by atoms with Gasteiger partial charge in [-0.2, -0.15) is 0 Å². The Morgan fingerprint density at radius 1 is 1.35 bits per heavy atom. The molecule has 1 aromatic heterocycles. The molecule has 2 aromatic rings. The molecule has 0 bridgehead atoms. The van der Waals surface area contributed by atoms with E-state index in [-0.39, 0.29) is 5.78 Å². The van der Waals surface area contributed by atoms with Crippen LogP contribution in [0.5, 0.6) is 0 Å². The van der Waals surface area contributed by atoms with E-state index < -0.39 is 0 Å². The Hall–Kier alpha value is -0.840. The molecule has 5 heteroatoms. The van der Waals surface area contributed by atoms with Crippen molar-refractivity contribution >= 4 is 50.3 Å². The van der Waals surface area contributed by atoms with E-state index in [2.05, 4.69) is 15.9 Å². The molecule has 1 aromatic carbocycles. The van der Waals surface area contributed by atoms with Gasteiger partial charge in [0.1, 0.15) is 0 Å². The largest absolute Gasteiger partial charge is 0.398 e. The van der Waals surface area contributed by atoms with Crippen LogP contribution < -0.4 is 5.73 Å². The van der Waals surface area contributed by atoms with Gasteiger partial charge in [0.25, 0.3) is 0 Å². The molecule has 0 unspecified atom stereocenters. The molecule has 17 heavy (non-hydrogen) atoms. The summed E-state index contributed by atoms with van der Waals surface area (Å²) < 4.78 is 0.930. The molecule has 0 spiro atoms. The van der Waals surface area contributed by atoms with E-state index in [9.17, 15) is 4.79 Å². The Kier molecular flexibility index (Phi) is 3.56. The summed E-state index contributed by atoms with van der Waals surface area (Å²) in [6, 6.07) is 6.73. The van der Waals surface area contributed by atoms with Crippen LogP contribution in [0.3, 0.4) is 0 Å². The van der Waals surface area contributed by atoms with Crippen LogP contribution in [0, 0.1) is 6.92 Å². The predicted octanol–water partition coefficient (Wildman–Crippen LogP) is 4.29. The lowest BCUT2D eigenvalue weighted by molar-refractivity contribution is 0.103. The molecule has 0 radical (unpaired) electrons. The van der Waals surface area contributed by atoms with Gasteiger partial charge in [0.05, 0.1) is 3.79 Å². The van der Waals surface area contributed by atoms with Crippen LogP contribution in [0.25, 0.3) is 0 Å². The molecule has 2 rings (SSSR count). The van der Waals surface area contributed by atoms with Gasteiger partial charge in [-0.1, -0.05) is 11.6 Å². The third kappa shape index (κ3) is 2.54. The molecular formula is C12H9BrClNOS. The number of carbonyl (C=O) groups is 1. The first-order valence-electron chi connectivity index (χ1n) is 4.84. The number of carbonyl (C=O) groups excluding carboxylic acids is 1. The summed E-state index contributed by atoms with van der Waals surface area (Å²) in [6.45, 7) is 1.91. The fourth-order valence-corrected chi connectivity index (χ4v) is 3.40. The molecule has 2 nitrogen and oxygen atoms in total. The number of nitrogen functional groups attached to an aromatic ring is 1. The first kappa shape index (κ1) is 12.6. The summed E-state index contributed by atoms with van der Waals surface area (Å²) in [4.78, 5) is 13.3. The van der Waals surface area contributed by atoms with Crippen LogP contribution in [0.4, 0.5) is 5.69 Å². The number of anilines is 1. The molecule has 0 saturated carbocycles. The fraction of sp³-hybridized carbons (Fsp3) is 0.0833. The first-order chi connectivity index (χ1) is 7.99. The van der Waals surface area contributed by atoms with Crippen LogP contribution in [0.15, 0.2) is 28.1 Å². The van der Waals surface area contributed by atoms with Crippen LogP contribution in [0.2, 0.25) is 5.02 Å². The average Bonchev–Trinajstić information content (AvgIpc) is 2.60. The molecule has 0 amide bonds. The molecule has 0 fully saturated rings. The maximum atomic E-state index is 12.3. The number of nitrogens with two attached hydrogens (primary N) is 1. The topological polar surface area (TPSA) is 43.1 Å². The smallest absolute Gasteiger partial charge is 0.196 e. The van der Waals surface area contributed by atoms with E-state index in [1.54, 1.807) is 18.2 Å². The Morgan fingerprint density at radius 2 is 2.06 bits per heavy atom. The molecule has 2 N–H and O–H groups in total. The maximum absolute atomic E-state index is 12.3. The standard InChI is InChI=1S/C12H9BrClNOS/c1-6-8(5-11(13)17-6)12(16)9-4-7(14)2-3-10(9)15/h2-5H,15H2,1H3. The van der Waals surface area contributed by atoms with E-state index in [1.807, 2.05) is 13.0 Å². The van der Waals surface area contributed by atoms with Crippen molar-refractivity contribution in [1.82, 2.24) is 0 Å². The highest BCUT2D eigenvalue weighted by Crippen LogP contribution is 2.30. The number of hydrogen-bond acceptors (Lipinski definition) is 3. The highest BCUT2D eigenvalue weighted by Gasteiger charge is 2.17. The number of thiophene rings is 1. The van der Waals surface area contributed by atoms with E-state index >= 15 is 0 Å². The number of rotatable bonds is 2. The third-order valence-electron chi connectivity index (χ3n) is 2.39. The Balaban J connectivity index is 2.50. The Bertz CT molecular complexity index is 594. The summed E-state index contributed by atoms with van der Waals surface area (Å²) in [5, 5.41) is 0.509. The van der Waals surface area contributed by atoms with Crippen molar-refractivity contribution in [2.75, 3.05) is 5.73 Å². The third-order valence-corrected chi connectivity index (χ3v) is 4.18. The van der Waals surface area contributed by atoms with E-state index in [4.69, 9.17) is 17.3 Å².